The van der Waals surface area contributed by atoms with Crippen LogP contribution in [-0.4, -0.2) is 79.0 Å². The molecule has 4 heterocycles. The number of nitrogens with zero attached hydrogens (tertiary/aromatic N) is 3. The average molecular weight is 432 g/mol. The number of methoxy groups -OCH3 is 1. The number of ether oxygens (including phenoxy) is 1. The lowest BCUT2D eigenvalue weighted by molar-refractivity contribution is -0.137. The molecular formula is C24H37N3O4. The van der Waals surface area contributed by atoms with E-state index < -0.39 is 0 Å². The second-order valence-electron chi connectivity index (χ2n) is 9.39. The molecule has 0 N–H and O–H groups in total. The van der Waals surface area contributed by atoms with Gasteiger partial charge in [0.25, 0.3) is 0 Å². The van der Waals surface area contributed by atoms with Crippen molar-refractivity contribution >= 4 is 11.8 Å². The highest BCUT2D eigenvalue weighted by molar-refractivity contribution is 5.89. The molecule has 0 bridgehead atoms. The predicted molar refractivity (Wildman–Crippen MR) is 117 cm³/mol. The first-order valence-electron chi connectivity index (χ1n) is 12.0. The summed E-state index contributed by atoms with van der Waals surface area (Å²) in [5, 5.41) is 0. The van der Waals surface area contributed by atoms with Gasteiger partial charge in [-0.1, -0.05) is 6.42 Å². The highest BCUT2D eigenvalue weighted by atomic mass is 16.5. The number of piperidine rings is 2. The van der Waals surface area contributed by atoms with Crippen molar-refractivity contribution in [1.29, 1.82) is 0 Å². The van der Waals surface area contributed by atoms with Crippen LogP contribution in [0, 0.1) is 11.8 Å². The van der Waals surface area contributed by atoms with Crippen LogP contribution in [0.15, 0.2) is 22.8 Å². The van der Waals surface area contributed by atoms with Gasteiger partial charge < -0.3 is 23.9 Å². The molecule has 7 nitrogen and oxygen atoms in total. The van der Waals surface area contributed by atoms with Gasteiger partial charge in [0.2, 0.25) is 11.8 Å². The van der Waals surface area contributed by atoms with Crippen molar-refractivity contribution in [3.05, 3.63) is 24.2 Å². The summed E-state index contributed by atoms with van der Waals surface area (Å²) in [4.78, 5) is 32.6. The zero-order valence-electron chi connectivity index (χ0n) is 18.8. The van der Waals surface area contributed by atoms with E-state index in [1.165, 1.54) is 45.2 Å². The molecule has 0 radical (unpaired) electrons. The van der Waals surface area contributed by atoms with E-state index in [4.69, 9.17) is 9.15 Å². The quantitative estimate of drug-likeness (QED) is 0.563. The zero-order chi connectivity index (χ0) is 21.6. The minimum absolute atomic E-state index is 0.0442. The van der Waals surface area contributed by atoms with E-state index in [0.717, 1.165) is 18.7 Å². The normalized spacial score (nSPS) is 26.8. The lowest BCUT2D eigenvalue weighted by Crippen LogP contribution is -2.52. The highest BCUT2D eigenvalue weighted by Crippen LogP contribution is 2.32. The third-order valence-electron chi connectivity index (χ3n) is 7.26. The molecule has 31 heavy (non-hydrogen) atoms. The van der Waals surface area contributed by atoms with Crippen molar-refractivity contribution < 1.29 is 18.7 Å². The first-order chi connectivity index (χ1) is 15.2. The fourth-order valence-electron chi connectivity index (χ4n) is 5.70. The average Bonchev–Trinajstić information content (AvgIpc) is 3.43. The topological polar surface area (TPSA) is 66.2 Å². The number of rotatable bonds is 9. The Bertz CT molecular complexity index is 720. The monoisotopic (exact) mass is 431 g/mol. The Kier molecular flexibility index (Phi) is 7.67. The molecule has 1 aromatic heterocycles. The second kappa shape index (κ2) is 10.6. The number of furan rings is 1. The number of hydrogen-bond donors (Lipinski definition) is 0. The van der Waals surface area contributed by atoms with Gasteiger partial charge in [0, 0.05) is 45.8 Å². The van der Waals surface area contributed by atoms with Gasteiger partial charge >= 0.3 is 0 Å². The van der Waals surface area contributed by atoms with Gasteiger partial charge in [0.15, 0.2) is 0 Å². The van der Waals surface area contributed by atoms with Crippen molar-refractivity contribution in [2.45, 2.75) is 57.5 Å². The van der Waals surface area contributed by atoms with Crippen LogP contribution in [0.2, 0.25) is 0 Å². The van der Waals surface area contributed by atoms with Crippen LogP contribution in [0.1, 0.15) is 50.7 Å². The molecule has 4 rings (SSSR count). The van der Waals surface area contributed by atoms with Crippen LogP contribution < -0.4 is 0 Å². The first kappa shape index (κ1) is 22.3. The maximum atomic E-state index is 13.5. The molecule has 3 atom stereocenters. The summed E-state index contributed by atoms with van der Waals surface area (Å²) in [6.07, 6.45) is 9.03. The summed E-state index contributed by atoms with van der Waals surface area (Å²) in [6, 6.07) is 4.31. The van der Waals surface area contributed by atoms with E-state index in [1.807, 2.05) is 12.1 Å². The van der Waals surface area contributed by atoms with Gasteiger partial charge in [-0.3, -0.25) is 9.59 Å². The van der Waals surface area contributed by atoms with Gasteiger partial charge in [0.05, 0.1) is 18.7 Å². The van der Waals surface area contributed by atoms with Crippen LogP contribution in [0.25, 0.3) is 0 Å². The summed E-state index contributed by atoms with van der Waals surface area (Å²) >= 11 is 0. The van der Waals surface area contributed by atoms with E-state index >= 15 is 0 Å². The summed E-state index contributed by atoms with van der Waals surface area (Å²) in [5.74, 6) is 1.23. The number of carbonyl (C=O) groups is 2. The standard InChI is InChI=1S/C24H37N3O4/c1-30-13-6-12-26(16-19-7-4-11-25-10-3-2-9-22(19)25)24(29)20-15-23(28)27(17-20)18-21-8-5-14-31-21/h5,8,14,19-20,22H,2-4,6-7,9-13,15-18H2,1H3/t19-,20-,22+/m0/s1. The molecule has 3 aliphatic heterocycles. The molecule has 0 unspecified atom stereocenters. The number of fused-ring (bicyclic) bond motifs is 1. The number of likely N-dealkylation sites (tertiary alicyclic amines) is 1. The van der Waals surface area contributed by atoms with Gasteiger partial charge in [-0.2, -0.15) is 0 Å². The van der Waals surface area contributed by atoms with E-state index in [1.54, 1.807) is 18.3 Å². The van der Waals surface area contributed by atoms with Crippen molar-refractivity contribution in [2.24, 2.45) is 11.8 Å². The SMILES string of the molecule is COCCCN(C[C@@H]1CCCN2CCCC[C@H]12)C(=O)[C@H]1CC(=O)N(Cc2ccco2)C1. The summed E-state index contributed by atoms with van der Waals surface area (Å²) in [5.41, 5.74) is 0. The molecule has 7 heteroatoms. The zero-order valence-corrected chi connectivity index (χ0v) is 18.8. The Morgan fingerprint density at radius 2 is 2.13 bits per heavy atom. The summed E-state index contributed by atoms with van der Waals surface area (Å²) in [6.45, 7) is 5.51. The number of amides is 2. The second-order valence-corrected chi connectivity index (χ2v) is 9.39. The third kappa shape index (κ3) is 5.50. The van der Waals surface area contributed by atoms with Crippen LogP contribution in [-0.2, 0) is 20.9 Å². The fraction of sp³-hybridized carbons (Fsp3) is 0.750. The van der Waals surface area contributed by atoms with Crippen molar-refractivity contribution in [2.75, 3.05) is 46.4 Å². The highest BCUT2D eigenvalue weighted by Gasteiger charge is 2.39. The van der Waals surface area contributed by atoms with Crippen molar-refractivity contribution in [3.8, 4) is 0 Å². The molecule has 0 saturated carbocycles. The lowest BCUT2D eigenvalue weighted by Gasteiger charge is -2.46. The molecule has 172 valence electrons. The minimum atomic E-state index is -0.254. The molecule has 2 amide bonds. The molecule has 0 aromatic carbocycles. The minimum Gasteiger partial charge on any atom is -0.467 e. The fourth-order valence-corrected chi connectivity index (χ4v) is 5.70. The smallest absolute Gasteiger partial charge is 0.228 e. The number of carbonyl (C=O) groups excluding carboxylic acids is 2. The molecule has 0 spiro atoms. The van der Waals surface area contributed by atoms with Crippen molar-refractivity contribution in [1.82, 2.24) is 14.7 Å². The Balaban J connectivity index is 1.40. The van der Waals surface area contributed by atoms with Crippen LogP contribution in [0.4, 0.5) is 0 Å². The Morgan fingerprint density at radius 3 is 2.94 bits per heavy atom. The Labute approximate surface area is 185 Å². The lowest BCUT2D eigenvalue weighted by atomic mass is 9.83. The van der Waals surface area contributed by atoms with Gasteiger partial charge in [-0.25, -0.2) is 0 Å². The van der Waals surface area contributed by atoms with Crippen LogP contribution in [0.3, 0.4) is 0 Å². The molecule has 0 aliphatic carbocycles. The molecule has 3 fully saturated rings. The van der Waals surface area contributed by atoms with E-state index in [-0.39, 0.29) is 17.7 Å². The molecular weight excluding hydrogens is 394 g/mol. The summed E-state index contributed by atoms with van der Waals surface area (Å²) in [7, 11) is 1.70. The summed E-state index contributed by atoms with van der Waals surface area (Å²) < 4.78 is 10.6. The Morgan fingerprint density at radius 1 is 1.26 bits per heavy atom. The first-order valence-corrected chi connectivity index (χ1v) is 12.0. The van der Waals surface area contributed by atoms with Crippen molar-refractivity contribution in [3.63, 3.8) is 0 Å². The maximum absolute atomic E-state index is 13.5. The molecule has 3 saturated heterocycles. The molecule has 1 aromatic rings. The Hall–Kier alpha value is -1.86. The largest absolute Gasteiger partial charge is 0.467 e. The number of hydrogen-bond acceptors (Lipinski definition) is 5. The van der Waals surface area contributed by atoms with Gasteiger partial charge in [0.1, 0.15) is 5.76 Å². The third-order valence-corrected chi connectivity index (χ3v) is 7.26. The van der Waals surface area contributed by atoms with E-state index in [0.29, 0.717) is 44.6 Å². The molecule has 3 aliphatic rings. The van der Waals surface area contributed by atoms with E-state index in [2.05, 4.69) is 9.80 Å². The van der Waals surface area contributed by atoms with Crippen LogP contribution >= 0.6 is 0 Å². The predicted octanol–water partition coefficient (Wildman–Crippen LogP) is 2.76. The van der Waals surface area contributed by atoms with E-state index in [9.17, 15) is 9.59 Å². The van der Waals surface area contributed by atoms with Crippen LogP contribution in [0.5, 0.6) is 0 Å². The maximum Gasteiger partial charge on any atom is 0.228 e. The van der Waals surface area contributed by atoms with Gasteiger partial charge in [-0.15, -0.1) is 0 Å². The van der Waals surface area contributed by atoms with Gasteiger partial charge in [-0.05, 0) is 63.2 Å².